The van der Waals surface area contributed by atoms with Crippen LogP contribution in [0.5, 0.6) is 5.75 Å². The number of aliphatic hydroxyl groups excluding tert-OH is 1. The lowest BCUT2D eigenvalue weighted by atomic mass is 9.97. The van der Waals surface area contributed by atoms with E-state index >= 15 is 0 Å². The summed E-state index contributed by atoms with van der Waals surface area (Å²) in [6.45, 7) is 10.9. The molecule has 0 saturated carbocycles. The van der Waals surface area contributed by atoms with E-state index in [1.54, 1.807) is 0 Å². The summed E-state index contributed by atoms with van der Waals surface area (Å²) < 4.78 is 11.3. The molecule has 0 bridgehead atoms. The molecular weight excluding hydrogens is 314 g/mol. The molecule has 1 aliphatic heterocycles. The Bertz CT molecular complexity index is 478. The number of aliphatic hydroxyl groups is 1. The Labute approximate surface area is 153 Å². The highest BCUT2D eigenvalue weighted by Gasteiger charge is 2.26. The third-order valence-electron chi connectivity index (χ3n) is 5.15. The Hall–Kier alpha value is -1.10. The number of rotatable bonds is 9. The summed E-state index contributed by atoms with van der Waals surface area (Å²) in [6.07, 6.45) is 3.30. The van der Waals surface area contributed by atoms with Crippen molar-refractivity contribution >= 4 is 0 Å². The summed E-state index contributed by atoms with van der Waals surface area (Å²) in [5, 5.41) is 10.2. The van der Waals surface area contributed by atoms with Crippen LogP contribution in [0.3, 0.4) is 0 Å². The summed E-state index contributed by atoms with van der Waals surface area (Å²) in [6, 6.07) is 9.31. The smallest absolute Gasteiger partial charge is 0.119 e. The topological polar surface area (TPSA) is 41.9 Å². The second kappa shape index (κ2) is 10.1. The lowest BCUT2D eigenvalue weighted by molar-refractivity contribution is -0.0141. The highest BCUT2D eigenvalue weighted by molar-refractivity contribution is 5.28. The van der Waals surface area contributed by atoms with Crippen molar-refractivity contribution in [3.63, 3.8) is 0 Å². The fourth-order valence-electron chi connectivity index (χ4n) is 3.52. The molecule has 0 amide bonds. The number of piperidine rings is 1. The monoisotopic (exact) mass is 349 g/mol. The van der Waals surface area contributed by atoms with Crippen LogP contribution in [0.4, 0.5) is 0 Å². The molecule has 1 aliphatic rings. The fourth-order valence-corrected chi connectivity index (χ4v) is 3.52. The Morgan fingerprint density at radius 3 is 2.32 bits per heavy atom. The maximum absolute atomic E-state index is 10.2. The van der Waals surface area contributed by atoms with Gasteiger partial charge in [-0.25, -0.2) is 0 Å². The van der Waals surface area contributed by atoms with E-state index < -0.39 is 6.10 Å². The predicted octanol–water partition coefficient (Wildman–Crippen LogP) is 3.83. The van der Waals surface area contributed by atoms with Crippen molar-refractivity contribution in [3.8, 4) is 5.75 Å². The Morgan fingerprint density at radius 1 is 1.08 bits per heavy atom. The lowest BCUT2D eigenvalue weighted by Gasteiger charge is -2.40. The first-order valence-electron chi connectivity index (χ1n) is 9.71. The highest BCUT2D eigenvalue weighted by atomic mass is 16.5. The Morgan fingerprint density at radius 2 is 1.72 bits per heavy atom. The zero-order chi connectivity index (χ0) is 18.2. The van der Waals surface area contributed by atoms with Gasteiger partial charge in [-0.15, -0.1) is 0 Å². The number of β-amino-alcohol motifs (C(OH)–C–C–N with tert-alkyl or cyclic N) is 1. The van der Waals surface area contributed by atoms with Crippen LogP contribution in [-0.2, 0) is 4.74 Å². The molecule has 1 N–H and O–H groups in total. The minimum Gasteiger partial charge on any atom is -0.491 e. The van der Waals surface area contributed by atoms with Gasteiger partial charge in [0, 0.05) is 18.6 Å². The molecule has 4 nitrogen and oxygen atoms in total. The van der Waals surface area contributed by atoms with Gasteiger partial charge in [0.05, 0.1) is 19.3 Å². The normalized spacial score (nSPS) is 23.0. The van der Waals surface area contributed by atoms with Gasteiger partial charge < -0.3 is 14.6 Å². The standard InChI is InChI=1S/C21H35NO3/c1-16(2)19-8-10-21(11-9-19)25-13-12-24-15-20(23)14-22-17(3)6-5-7-18(22)4/h8-11,16-18,20,23H,5-7,12-15H2,1-4H3. The molecule has 1 fully saturated rings. The second-order valence-electron chi connectivity index (χ2n) is 7.63. The third kappa shape index (κ3) is 6.61. The first kappa shape index (κ1) is 20.2. The van der Waals surface area contributed by atoms with E-state index in [9.17, 15) is 5.11 Å². The number of hydrogen-bond acceptors (Lipinski definition) is 4. The summed E-state index contributed by atoms with van der Waals surface area (Å²) in [4.78, 5) is 2.41. The first-order chi connectivity index (χ1) is 12.0. The van der Waals surface area contributed by atoms with Gasteiger partial charge in [-0.2, -0.15) is 0 Å². The van der Waals surface area contributed by atoms with Gasteiger partial charge >= 0.3 is 0 Å². The van der Waals surface area contributed by atoms with Crippen molar-refractivity contribution in [2.24, 2.45) is 0 Å². The molecule has 1 aromatic carbocycles. The van der Waals surface area contributed by atoms with Crippen LogP contribution in [-0.4, -0.2) is 54.6 Å². The van der Waals surface area contributed by atoms with Crippen molar-refractivity contribution in [1.82, 2.24) is 4.90 Å². The molecule has 3 unspecified atom stereocenters. The van der Waals surface area contributed by atoms with Crippen LogP contribution in [0.1, 0.15) is 58.4 Å². The number of likely N-dealkylation sites (tertiary alicyclic amines) is 1. The molecule has 0 spiro atoms. The molecule has 142 valence electrons. The SMILES string of the molecule is CC(C)c1ccc(OCCOCC(O)CN2C(C)CCCC2C)cc1. The van der Waals surface area contributed by atoms with Crippen molar-refractivity contribution < 1.29 is 14.6 Å². The molecule has 0 radical (unpaired) electrons. The van der Waals surface area contributed by atoms with Crippen molar-refractivity contribution in [1.29, 1.82) is 0 Å². The quantitative estimate of drug-likeness (QED) is 0.688. The molecule has 2 rings (SSSR count). The summed E-state index contributed by atoms with van der Waals surface area (Å²) in [7, 11) is 0. The largest absolute Gasteiger partial charge is 0.491 e. The molecule has 0 aliphatic carbocycles. The minimum absolute atomic E-state index is 0.367. The first-order valence-corrected chi connectivity index (χ1v) is 9.71. The summed E-state index contributed by atoms with van der Waals surface area (Å²) in [5.41, 5.74) is 1.31. The number of benzene rings is 1. The van der Waals surface area contributed by atoms with E-state index in [1.165, 1.54) is 24.8 Å². The van der Waals surface area contributed by atoms with E-state index in [2.05, 4.69) is 44.7 Å². The van der Waals surface area contributed by atoms with Gasteiger partial charge in [-0.05, 0) is 50.3 Å². The molecule has 0 aromatic heterocycles. The van der Waals surface area contributed by atoms with E-state index in [-0.39, 0.29) is 0 Å². The number of hydrogen-bond donors (Lipinski definition) is 1. The van der Waals surface area contributed by atoms with Crippen LogP contribution >= 0.6 is 0 Å². The van der Waals surface area contributed by atoms with Crippen LogP contribution in [0, 0.1) is 0 Å². The zero-order valence-electron chi connectivity index (χ0n) is 16.3. The van der Waals surface area contributed by atoms with E-state index in [1.807, 2.05) is 12.1 Å². The van der Waals surface area contributed by atoms with Gasteiger partial charge in [0.2, 0.25) is 0 Å². The van der Waals surface area contributed by atoms with Gasteiger partial charge in [-0.1, -0.05) is 32.4 Å². The van der Waals surface area contributed by atoms with Crippen LogP contribution in [0.2, 0.25) is 0 Å². The zero-order valence-corrected chi connectivity index (χ0v) is 16.3. The Kier molecular flexibility index (Phi) is 8.20. The van der Waals surface area contributed by atoms with E-state index in [0.717, 1.165) is 5.75 Å². The van der Waals surface area contributed by atoms with Gasteiger partial charge in [0.15, 0.2) is 0 Å². The number of ether oxygens (including phenoxy) is 2. The lowest BCUT2D eigenvalue weighted by Crippen LogP contribution is -2.48. The van der Waals surface area contributed by atoms with Gasteiger partial charge in [0.25, 0.3) is 0 Å². The third-order valence-corrected chi connectivity index (χ3v) is 5.15. The molecule has 25 heavy (non-hydrogen) atoms. The molecule has 3 atom stereocenters. The van der Waals surface area contributed by atoms with Crippen molar-refractivity contribution in [2.75, 3.05) is 26.4 Å². The summed E-state index contributed by atoms with van der Waals surface area (Å²) in [5.74, 6) is 1.40. The average Bonchev–Trinajstić information content (AvgIpc) is 2.58. The maximum Gasteiger partial charge on any atom is 0.119 e. The maximum atomic E-state index is 10.2. The summed E-state index contributed by atoms with van der Waals surface area (Å²) >= 11 is 0. The number of nitrogens with zero attached hydrogens (tertiary/aromatic N) is 1. The average molecular weight is 350 g/mol. The molecular formula is C21H35NO3. The molecule has 1 heterocycles. The van der Waals surface area contributed by atoms with E-state index in [4.69, 9.17) is 9.47 Å². The predicted molar refractivity (Wildman–Crippen MR) is 102 cm³/mol. The minimum atomic E-state index is -0.437. The second-order valence-corrected chi connectivity index (χ2v) is 7.63. The van der Waals surface area contributed by atoms with E-state index in [0.29, 0.717) is 44.4 Å². The van der Waals surface area contributed by atoms with Gasteiger partial charge in [-0.3, -0.25) is 4.90 Å². The van der Waals surface area contributed by atoms with Crippen LogP contribution < -0.4 is 4.74 Å². The Balaban J connectivity index is 1.60. The van der Waals surface area contributed by atoms with Crippen LogP contribution in [0.25, 0.3) is 0 Å². The van der Waals surface area contributed by atoms with Gasteiger partial charge in [0.1, 0.15) is 12.4 Å². The molecule has 4 heteroatoms. The molecule has 1 saturated heterocycles. The van der Waals surface area contributed by atoms with Crippen LogP contribution in [0.15, 0.2) is 24.3 Å². The van der Waals surface area contributed by atoms with Crippen molar-refractivity contribution in [3.05, 3.63) is 29.8 Å². The molecule has 1 aromatic rings. The highest BCUT2D eigenvalue weighted by Crippen LogP contribution is 2.22. The van der Waals surface area contributed by atoms with Crippen molar-refractivity contribution in [2.45, 2.75) is 71.1 Å². The fraction of sp³-hybridized carbons (Fsp3) is 0.714.